The fraction of sp³-hybridized carbons (Fsp3) is 0.409. The summed E-state index contributed by atoms with van der Waals surface area (Å²) in [5, 5.41) is 5.89. The Balaban J connectivity index is 1.58. The number of nitrogens with one attached hydrogen (secondary N) is 2. The average Bonchev–Trinajstić information content (AvgIpc) is 2.67. The van der Waals surface area contributed by atoms with Crippen LogP contribution in [0.2, 0.25) is 0 Å². The number of nitrogens with zero attached hydrogens (tertiary/aromatic N) is 1. The highest BCUT2D eigenvalue weighted by Crippen LogP contribution is 2.20. The van der Waals surface area contributed by atoms with E-state index in [-0.39, 0.29) is 18.2 Å². The largest absolute Gasteiger partial charge is 0.497 e. The molecular formula is C22H29N3O3. The van der Waals surface area contributed by atoms with Crippen LogP contribution in [0.1, 0.15) is 25.0 Å². The molecule has 0 aromatic heterocycles. The van der Waals surface area contributed by atoms with E-state index in [1.807, 2.05) is 42.5 Å². The number of carbonyl (C=O) groups is 1. The van der Waals surface area contributed by atoms with Gasteiger partial charge in [-0.2, -0.15) is 0 Å². The normalized spacial score (nSPS) is 19.8. The Kier molecular flexibility index (Phi) is 6.90. The van der Waals surface area contributed by atoms with E-state index in [0.717, 1.165) is 42.2 Å². The monoisotopic (exact) mass is 383 g/mol. The van der Waals surface area contributed by atoms with Crippen LogP contribution in [-0.2, 0) is 17.8 Å². The van der Waals surface area contributed by atoms with Crippen molar-refractivity contribution in [3.63, 3.8) is 0 Å². The van der Waals surface area contributed by atoms with Gasteiger partial charge in [0.1, 0.15) is 5.75 Å². The van der Waals surface area contributed by atoms with E-state index in [2.05, 4.69) is 35.4 Å². The molecule has 0 spiro atoms. The summed E-state index contributed by atoms with van der Waals surface area (Å²) in [4.78, 5) is 14.8. The summed E-state index contributed by atoms with van der Waals surface area (Å²) in [5.74, 6) is 0.777. The highest BCUT2D eigenvalue weighted by Gasteiger charge is 2.22. The third kappa shape index (κ3) is 5.71. The number of para-hydroxylation sites is 1. The Hall–Kier alpha value is -2.57. The van der Waals surface area contributed by atoms with E-state index < -0.39 is 0 Å². The maximum atomic E-state index is 12.4. The summed E-state index contributed by atoms with van der Waals surface area (Å²) in [6.45, 7) is 7.19. The molecule has 2 unspecified atom stereocenters. The number of hydrogen-bond donors (Lipinski definition) is 2. The van der Waals surface area contributed by atoms with Gasteiger partial charge in [-0.3, -0.25) is 4.90 Å². The van der Waals surface area contributed by atoms with E-state index in [1.165, 1.54) is 0 Å². The maximum absolute atomic E-state index is 12.4. The van der Waals surface area contributed by atoms with Gasteiger partial charge >= 0.3 is 6.03 Å². The lowest BCUT2D eigenvalue weighted by atomic mass is 10.1. The van der Waals surface area contributed by atoms with Gasteiger partial charge < -0.3 is 20.1 Å². The molecule has 2 aromatic carbocycles. The molecule has 1 heterocycles. The molecule has 0 saturated carbocycles. The van der Waals surface area contributed by atoms with Gasteiger partial charge in [-0.05, 0) is 43.2 Å². The molecule has 2 amide bonds. The van der Waals surface area contributed by atoms with Gasteiger partial charge in [0.15, 0.2) is 0 Å². The van der Waals surface area contributed by atoms with E-state index in [1.54, 1.807) is 7.11 Å². The van der Waals surface area contributed by atoms with Crippen LogP contribution >= 0.6 is 0 Å². The lowest BCUT2D eigenvalue weighted by molar-refractivity contribution is -0.0704. The van der Waals surface area contributed by atoms with Gasteiger partial charge in [0.2, 0.25) is 0 Å². The Morgan fingerprint density at radius 2 is 1.89 bits per heavy atom. The molecule has 0 bridgehead atoms. The average molecular weight is 383 g/mol. The SMILES string of the molecule is COc1cccc(CNC(=O)Nc2ccccc2CN2CC(C)OC(C)C2)c1. The molecule has 28 heavy (non-hydrogen) atoms. The van der Waals surface area contributed by atoms with Crippen LogP contribution < -0.4 is 15.4 Å². The van der Waals surface area contributed by atoms with Gasteiger partial charge in [0.25, 0.3) is 0 Å². The molecule has 2 N–H and O–H groups in total. The first-order valence-corrected chi connectivity index (χ1v) is 9.67. The predicted octanol–water partition coefficient (Wildman–Crippen LogP) is 3.63. The van der Waals surface area contributed by atoms with Crippen molar-refractivity contribution in [2.45, 2.75) is 39.1 Å². The zero-order valence-corrected chi connectivity index (χ0v) is 16.8. The second-order valence-corrected chi connectivity index (χ2v) is 7.27. The van der Waals surface area contributed by atoms with E-state index in [4.69, 9.17) is 9.47 Å². The van der Waals surface area contributed by atoms with Crippen molar-refractivity contribution in [2.75, 3.05) is 25.5 Å². The zero-order valence-electron chi connectivity index (χ0n) is 16.8. The van der Waals surface area contributed by atoms with Crippen molar-refractivity contribution in [1.29, 1.82) is 0 Å². The van der Waals surface area contributed by atoms with Crippen LogP contribution in [0.15, 0.2) is 48.5 Å². The second-order valence-electron chi connectivity index (χ2n) is 7.27. The topological polar surface area (TPSA) is 62.8 Å². The summed E-state index contributed by atoms with van der Waals surface area (Å²) in [7, 11) is 1.63. The third-order valence-corrected chi connectivity index (χ3v) is 4.74. The maximum Gasteiger partial charge on any atom is 0.319 e. The molecule has 6 heteroatoms. The molecule has 0 aliphatic carbocycles. The molecule has 2 aromatic rings. The highest BCUT2D eigenvalue weighted by molar-refractivity contribution is 5.90. The van der Waals surface area contributed by atoms with Crippen LogP contribution in [0.4, 0.5) is 10.5 Å². The van der Waals surface area contributed by atoms with Crippen molar-refractivity contribution in [3.05, 3.63) is 59.7 Å². The fourth-order valence-corrected chi connectivity index (χ4v) is 3.57. The first kappa shape index (κ1) is 20.2. The molecule has 0 radical (unpaired) electrons. The first-order valence-electron chi connectivity index (χ1n) is 9.67. The Morgan fingerprint density at radius 1 is 1.14 bits per heavy atom. The summed E-state index contributed by atoms with van der Waals surface area (Å²) in [6, 6.07) is 15.4. The number of anilines is 1. The number of ether oxygens (including phenoxy) is 2. The van der Waals surface area contributed by atoms with Crippen molar-refractivity contribution >= 4 is 11.7 Å². The van der Waals surface area contributed by atoms with E-state index >= 15 is 0 Å². The molecule has 150 valence electrons. The number of benzene rings is 2. The number of amides is 2. The van der Waals surface area contributed by atoms with Crippen LogP contribution in [-0.4, -0.2) is 43.3 Å². The minimum Gasteiger partial charge on any atom is -0.497 e. The van der Waals surface area contributed by atoms with E-state index in [0.29, 0.717) is 6.54 Å². The number of urea groups is 1. The predicted molar refractivity (Wildman–Crippen MR) is 111 cm³/mol. The van der Waals surface area contributed by atoms with Crippen molar-refractivity contribution in [3.8, 4) is 5.75 Å². The van der Waals surface area contributed by atoms with Crippen LogP contribution in [0.25, 0.3) is 0 Å². The Bertz CT molecular complexity index is 786. The summed E-state index contributed by atoms with van der Waals surface area (Å²) < 4.78 is 11.0. The Morgan fingerprint density at radius 3 is 2.64 bits per heavy atom. The summed E-state index contributed by atoms with van der Waals surface area (Å²) in [6.07, 6.45) is 0.435. The molecule has 1 aliphatic rings. The zero-order chi connectivity index (χ0) is 19.9. The quantitative estimate of drug-likeness (QED) is 0.800. The van der Waals surface area contributed by atoms with Crippen molar-refractivity contribution < 1.29 is 14.3 Å². The third-order valence-electron chi connectivity index (χ3n) is 4.74. The molecule has 6 nitrogen and oxygen atoms in total. The number of morpholine rings is 1. The van der Waals surface area contributed by atoms with Gasteiger partial charge in [0.05, 0.1) is 19.3 Å². The lowest BCUT2D eigenvalue weighted by Gasteiger charge is -2.35. The number of hydrogen-bond acceptors (Lipinski definition) is 4. The van der Waals surface area contributed by atoms with Gasteiger partial charge in [-0.15, -0.1) is 0 Å². The van der Waals surface area contributed by atoms with Crippen LogP contribution in [0.3, 0.4) is 0 Å². The number of rotatable bonds is 6. The highest BCUT2D eigenvalue weighted by atomic mass is 16.5. The van der Waals surface area contributed by atoms with Crippen molar-refractivity contribution in [2.24, 2.45) is 0 Å². The Labute approximate surface area is 166 Å². The molecule has 1 fully saturated rings. The fourth-order valence-electron chi connectivity index (χ4n) is 3.57. The lowest BCUT2D eigenvalue weighted by Crippen LogP contribution is -2.44. The molecular weight excluding hydrogens is 354 g/mol. The minimum atomic E-state index is -0.223. The number of carbonyl (C=O) groups excluding carboxylic acids is 1. The molecule has 1 saturated heterocycles. The van der Waals surface area contributed by atoms with Crippen LogP contribution in [0, 0.1) is 0 Å². The first-order chi connectivity index (χ1) is 13.5. The van der Waals surface area contributed by atoms with Crippen molar-refractivity contribution in [1.82, 2.24) is 10.2 Å². The van der Waals surface area contributed by atoms with Gasteiger partial charge in [0, 0.05) is 31.9 Å². The van der Waals surface area contributed by atoms with E-state index in [9.17, 15) is 4.79 Å². The summed E-state index contributed by atoms with van der Waals surface area (Å²) in [5.41, 5.74) is 2.91. The molecule has 2 atom stereocenters. The summed E-state index contributed by atoms with van der Waals surface area (Å²) >= 11 is 0. The molecule has 1 aliphatic heterocycles. The standard InChI is InChI=1S/C22H29N3O3/c1-16-13-25(14-17(2)28-16)15-19-8-4-5-10-21(19)24-22(26)23-12-18-7-6-9-20(11-18)27-3/h4-11,16-17H,12-15H2,1-3H3,(H2,23,24,26). The smallest absolute Gasteiger partial charge is 0.319 e. The minimum absolute atomic E-state index is 0.218. The van der Waals surface area contributed by atoms with Crippen LogP contribution in [0.5, 0.6) is 5.75 Å². The second kappa shape index (κ2) is 9.57. The number of methoxy groups -OCH3 is 1. The van der Waals surface area contributed by atoms with Gasteiger partial charge in [-0.1, -0.05) is 30.3 Å². The van der Waals surface area contributed by atoms with Gasteiger partial charge in [-0.25, -0.2) is 4.79 Å². The molecule has 3 rings (SSSR count).